The van der Waals surface area contributed by atoms with Crippen LogP contribution in [0.1, 0.15) is 22.8 Å². The molecular weight excluding hydrogens is 416 g/mol. The lowest BCUT2D eigenvalue weighted by molar-refractivity contribution is 0.0981. The molecule has 8 heteroatoms. The van der Waals surface area contributed by atoms with Gasteiger partial charge in [0.15, 0.2) is 11.5 Å². The van der Waals surface area contributed by atoms with Crippen molar-refractivity contribution in [3.8, 4) is 11.5 Å². The molecule has 3 aromatic rings. The Morgan fingerprint density at radius 1 is 1.00 bits per heavy atom. The minimum Gasteiger partial charge on any atom is -0.454 e. The third-order valence-corrected chi connectivity index (χ3v) is 6.82. The number of sulfonamides is 1. The number of rotatable bonds is 4. The SMILES string of the molecule is CC1Cc2cc(S(=O)(=O)Nc3ccc4c(c3)OCO4)ccc2N1C(=O)c1ccccc1. The molecule has 5 rings (SSSR count). The average Bonchev–Trinajstić information content (AvgIpc) is 3.36. The van der Waals surface area contributed by atoms with E-state index in [0.29, 0.717) is 29.2 Å². The molecule has 0 fully saturated rings. The second-order valence-corrected chi connectivity index (χ2v) is 9.24. The van der Waals surface area contributed by atoms with Gasteiger partial charge in [-0.1, -0.05) is 18.2 Å². The molecule has 0 spiro atoms. The third-order valence-electron chi connectivity index (χ3n) is 5.44. The van der Waals surface area contributed by atoms with Crippen molar-refractivity contribution in [2.75, 3.05) is 16.4 Å². The molecule has 31 heavy (non-hydrogen) atoms. The predicted molar refractivity (Wildman–Crippen MR) is 116 cm³/mol. The lowest BCUT2D eigenvalue weighted by Gasteiger charge is -2.23. The zero-order valence-electron chi connectivity index (χ0n) is 16.7. The maximum Gasteiger partial charge on any atom is 0.261 e. The predicted octanol–water partition coefficient (Wildman–Crippen LogP) is 3.81. The van der Waals surface area contributed by atoms with Gasteiger partial charge in [0.1, 0.15) is 0 Å². The molecule has 0 aliphatic carbocycles. The molecule has 2 aliphatic heterocycles. The standard InChI is InChI=1S/C23H20N2O5S/c1-15-11-17-12-19(8-9-20(17)25(15)23(26)16-5-3-2-4-6-16)31(27,28)24-18-7-10-21-22(13-18)30-14-29-21/h2-10,12-13,15,24H,11,14H2,1H3. The summed E-state index contributed by atoms with van der Waals surface area (Å²) in [5.41, 5.74) is 2.55. The van der Waals surface area contributed by atoms with Crippen LogP contribution in [-0.2, 0) is 16.4 Å². The van der Waals surface area contributed by atoms with Gasteiger partial charge in [-0.3, -0.25) is 9.52 Å². The topological polar surface area (TPSA) is 84.9 Å². The Morgan fingerprint density at radius 2 is 1.77 bits per heavy atom. The molecule has 1 atom stereocenters. The minimum atomic E-state index is -3.81. The van der Waals surface area contributed by atoms with Gasteiger partial charge in [0.2, 0.25) is 6.79 Å². The Bertz CT molecular complexity index is 1270. The summed E-state index contributed by atoms with van der Waals surface area (Å²) in [7, 11) is -3.81. The van der Waals surface area contributed by atoms with Crippen molar-refractivity contribution in [2.45, 2.75) is 24.3 Å². The molecule has 1 amide bonds. The summed E-state index contributed by atoms with van der Waals surface area (Å²) in [4.78, 5) is 14.9. The van der Waals surface area contributed by atoms with Crippen LogP contribution in [-0.4, -0.2) is 27.2 Å². The van der Waals surface area contributed by atoms with Crippen molar-refractivity contribution in [2.24, 2.45) is 0 Å². The zero-order chi connectivity index (χ0) is 21.6. The van der Waals surface area contributed by atoms with Crippen LogP contribution in [0, 0.1) is 0 Å². The van der Waals surface area contributed by atoms with Crippen LogP contribution in [0.3, 0.4) is 0 Å². The molecular formula is C23H20N2O5S. The van der Waals surface area contributed by atoms with Gasteiger partial charge in [0.25, 0.3) is 15.9 Å². The van der Waals surface area contributed by atoms with Crippen LogP contribution in [0.15, 0.2) is 71.6 Å². The van der Waals surface area contributed by atoms with Crippen molar-refractivity contribution >= 4 is 27.3 Å². The first-order valence-corrected chi connectivity index (χ1v) is 11.3. The Kier molecular flexibility index (Phi) is 4.59. The fourth-order valence-electron chi connectivity index (χ4n) is 3.98. The summed E-state index contributed by atoms with van der Waals surface area (Å²) < 4.78 is 39.1. The van der Waals surface area contributed by atoms with Crippen LogP contribution in [0.4, 0.5) is 11.4 Å². The molecule has 0 radical (unpaired) electrons. The lowest BCUT2D eigenvalue weighted by Crippen LogP contribution is -2.35. The molecule has 0 saturated heterocycles. The number of amides is 1. The number of carbonyl (C=O) groups excluding carboxylic acids is 1. The Morgan fingerprint density at radius 3 is 2.58 bits per heavy atom. The van der Waals surface area contributed by atoms with E-state index in [1.165, 1.54) is 6.07 Å². The van der Waals surface area contributed by atoms with Crippen LogP contribution in [0.5, 0.6) is 11.5 Å². The fourth-order valence-corrected chi connectivity index (χ4v) is 5.08. The van der Waals surface area contributed by atoms with Gasteiger partial charge in [-0.15, -0.1) is 0 Å². The molecule has 0 saturated carbocycles. The van der Waals surface area contributed by atoms with E-state index in [4.69, 9.17) is 9.47 Å². The lowest BCUT2D eigenvalue weighted by atomic mass is 10.1. The van der Waals surface area contributed by atoms with Crippen LogP contribution in [0.2, 0.25) is 0 Å². The second kappa shape index (κ2) is 7.31. The maximum absolute atomic E-state index is 13.0. The van der Waals surface area contributed by atoms with E-state index in [2.05, 4.69) is 4.72 Å². The number of nitrogens with zero attached hydrogens (tertiary/aromatic N) is 1. The van der Waals surface area contributed by atoms with E-state index in [1.807, 2.05) is 25.1 Å². The van der Waals surface area contributed by atoms with E-state index in [1.54, 1.807) is 47.4 Å². The summed E-state index contributed by atoms with van der Waals surface area (Å²) in [6.07, 6.45) is 0.585. The Hall–Kier alpha value is -3.52. The Balaban J connectivity index is 1.42. The summed E-state index contributed by atoms with van der Waals surface area (Å²) in [5.74, 6) is 0.983. The van der Waals surface area contributed by atoms with Crippen molar-refractivity contribution in [3.05, 3.63) is 77.9 Å². The molecule has 7 nitrogen and oxygen atoms in total. The minimum absolute atomic E-state index is 0.0671. The van der Waals surface area contributed by atoms with Gasteiger partial charge < -0.3 is 14.4 Å². The van der Waals surface area contributed by atoms with Crippen LogP contribution >= 0.6 is 0 Å². The van der Waals surface area contributed by atoms with E-state index in [9.17, 15) is 13.2 Å². The van der Waals surface area contributed by atoms with Gasteiger partial charge in [-0.05, 0) is 61.4 Å². The number of fused-ring (bicyclic) bond motifs is 2. The van der Waals surface area contributed by atoms with E-state index >= 15 is 0 Å². The summed E-state index contributed by atoms with van der Waals surface area (Å²) in [5, 5.41) is 0. The largest absolute Gasteiger partial charge is 0.454 e. The number of anilines is 2. The van der Waals surface area contributed by atoms with Crippen LogP contribution in [0.25, 0.3) is 0 Å². The number of nitrogens with one attached hydrogen (secondary N) is 1. The first kappa shape index (κ1) is 19.4. The highest BCUT2D eigenvalue weighted by Gasteiger charge is 2.32. The molecule has 2 heterocycles. The number of carbonyl (C=O) groups is 1. The third kappa shape index (κ3) is 3.48. The van der Waals surface area contributed by atoms with E-state index in [0.717, 1.165) is 11.3 Å². The van der Waals surface area contributed by atoms with Gasteiger partial charge in [0.05, 0.1) is 10.6 Å². The highest BCUT2D eigenvalue weighted by atomic mass is 32.2. The van der Waals surface area contributed by atoms with Crippen molar-refractivity contribution in [3.63, 3.8) is 0 Å². The van der Waals surface area contributed by atoms with E-state index in [-0.39, 0.29) is 23.6 Å². The molecule has 3 aromatic carbocycles. The number of ether oxygens (including phenoxy) is 2. The number of benzene rings is 3. The first-order valence-electron chi connectivity index (χ1n) is 9.86. The van der Waals surface area contributed by atoms with Crippen molar-refractivity contribution in [1.29, 1.82) is 0 Å². The molecule has 158 valence electrons. The smallest absolute Gasteiger partial charge is 0.261 e. The van der Waals surface area contributed by atoms with Gasteiger partial charge in [-0.2, -0.15) is 0 Å². The Labute approximate surface area is 180 Å². The van der Waals surface area contributed by atoms with Gasteiger partial charge in [0, 0.05) is 23.4 Å². The summed E-state index contributed by atoms with van der Waals surface area (Å²) >= 11 is 0. The molecule has 2 aliphatic rings. The second-order valence-electron chi connectivity index (χ2n) is 7.56. The highest BCUT2D eigenvalue weighted by Crippen LogP contribution is 2.37. The molecule has 0 bridgehead atoms. The summed E-state index contributed by atoms with van der Waals surface area (Å²) in [6.45, 7) is 2.08. The van der Waals surface area contributed by atoms with E-state index < -0.39 is 10.0 Å². The van der Waals surface area contributed by atoms with Crippen molar-refractivity contribution in [1.82, 2.24) is 0 Å². The monoisotopic (exact) mass is 436 g/mol. The molecule has 0 aromatic heterocycles. The number of hydrogen-bond acceptors (Lipinski definition) is 5. The molecule has 1 unspecified atom stereocenters. The fraction of sp³-hybridized carbons (Fsp3) is 0.174. The quantitative estimate of drug-likeness (QED) is 0.672. The summed E-state index contributed by atoms with van der Waals surface area (Å²) in [6, 6.07) is 18.8. The highest BCUT2D eigenvalue weighted by molar-refractivity contribution is 7.92. The van der Waals surface area contributed by atoms with Gasteiger partial charge >= 0.3 is 0 Å². The van der Waals surface area contributed by atoms with Crippen LogP contribution < -0.4 is 19.1 Å². The first-order chi connectivity index (χ1) is 14.9. The average molecular weight is 436 g/mol. The van der Waals surface area contributed by atoms with Gasteiger partial charge in [-0.25, -0.2) is 8.42 Å². The zero-order valence-corrected chi connectivity index (χ0v) is 17.6. The normalized spacial score (nSPS) is 16.8. The maximum atomic E-state index is 13.0. The van der Waals surface area contributed by atoms with Crippen molar-refractivity contribution < 1.29 is 22.7 Å². The molecule has 1 N–H and O–H groups in total. The number of hydrogen-bond donors (Lipinski definition) is 1.